The van der Waals surface area contributed by atoms with Crippen LogP contribution in [-0.4, -0.2) is 11.7 Å². The van der Waals surface area contributed by atoms with Crippen molar-refractivity contribution in [2.24, 2.45) is 11.8 Å². The number of phenols is 1. The van der Waals surface area contributed by atoms with E-state index in [4.69, 9.17) is 0 Å². The van der Waals surface area contributed by atoms with Crippen LogP contribution >= 0.6 is 0 Å². The molecule has 0 spiro atoms. The summed E-state index contributed by atoms with van der Waals surface area (Å²) in [6, 6.07) is 5.96. The molecule has 2 N–H and O–H groups in total. The summed E-state index contributed by atoms with van der Waals surface area (Å²) in [4.78, 5) is 0. The molecule has 19 heavy (non-hydrogen) atoms. The van der Waals surface area contributed by atoms with E-state index in [1.807, 2.05) is 25.1 Å². The number of rotatable bonds is 5. The van der Waals surface area contributed by atoms with E-state index in [1.54, 1.807) is 0 Å². The second-order valence-corrected chi connectivity index (χ2v) is 6.01. The minimum absolute atomic E-state index is 0.449. The highest BCUT2D eigenvalue weighted by molar-refractivity contribution is 5.39. The first-order valence-electron chi connectivity index (χ1n) is 7.68. The largest absolute Gasteiger partial charge is 0.507 e. The van der Waals surface area contributed by atoms with Crippen molar-refractivity contribution in [3.8, 4) is 5.75 Å². The minimum Gasteiger partial charge on any atom is -0.507 e. The first-order valence-corrected chi connectivity index (χ1v) is 7.68. The summed E-state index contributed by atoms with van der Waals surface area (Å²) in [5.74, 6) is 2.25. The number of aryl methyl sites for hydroxylation is 1. The van der Waals surface area contributed by atoms with E-state index in [2.05, 4.69) is 12.2 Å². The van der Waals surface area contributed by atoms with Gasteiger partial charge in [0.15, 0.2) is 0 Å². The SMILES string of the molecule is CCC1CCC(CNCc2cccc(C)c2O)CC1. The van der Waals surface area contributed by atoms with Gasteiger partial charge < -0.3 is 10.4 Å². The number of aromatic hydroxyl groups is 1. The van der Waals surface area contributed by atoms with E-state index in [9.17, 15) is 5.11 Å². The van der Waals surface area contributed by atoms with Crippen LogP contribution in [0.15, 0.2) is 18.2 Å². The molecular weight excluding hydrogens is 234 g/mol. The van der Waals surface area contributed by atoms with Crippen LogP contribution in [0, 0.1) is 18.8 Å². The maximum Gasteiger partial charge on any atom is 0.122 e. The summed E-state index contributed by atoms with van der Waals surface area (Å²) < 4.78 is 0. The molecule has 0 aliphatic heterocycles. The number of benzene rings is 1. The molecule has 1 aromatic carbocycles. The van der Waals surface area contributed by atoms with Gasteiger partial charge in [0.05, 0.1) is 0 Å². The van der Waals surface area contributed by atoms with E-state index < -0.39 is 0 Å². The van der Waals surface area contributed by atoms with Crippen LogP contribution in [0.4, 0.5) is 0 Å². The van der Waals surface area contributed by atoms with Crippen LogP contribution in [0.25, 0.3) is 0 Å². The maximum absolute atomic E-state index is 9.96. The first-order chi connectivity index (χ1) is 9.20. The lowest BCUT2D eigenvalue weighted by Crippen LogP contribution is -2.26. The van der Waals surface area contributed by atoms with Crippen molar-refractivity contribution >= 4 is 0 Å². The Labute approximate surface area is 117 Å². The Kier molecular flexibility index (Phi) is 5.26. The van der Waals surface area contributed by atoms with Crippen molar-refractivity contribution < 1.29 is 5.11 Å². The number of para-hydroxylation sites is 1. The van der Waals surface area contributed by atoms with E-state index in [-0.39, 0.29) is 0 Å². The zero-order chi connectivity index (χ0) is 13.7. The standard InChI is InChI=1S/C17H27NO/c1-3-14-7-9-15(10-8-14)11-18-12-16-6-4-5-13(2)17(16)19/h4-6,14-15,18-19H,3,7-12H2,1-2H3. The molecular formula is C17H27NO. The van der Waals surface area contributed by atoms with Gasteiger partial charge in [-0.1, -0.05) is 44.4 Å². The summed E-state index contributed by atoms with van der Waals surface area (Å²) >= 11 is 0. The lowest BCUT2D eigenvalue weighted by molar-refractivity contribution is 0.262. The van der Waals surface area contributed by atoms with Crippen molar-refractivity contribution in [3.63, 3.8) is 0 Å². The van der Waals surface area contributed by atoms with Gasteiger partial charge in [0.2, 0.25) is 0 Å². The monoisotopic (exact) mass is 261 g/mol. The molecule has 0 heterocycles. The van der Waals surface area contributed by atoms with Crippen molar-refractivity contribution in [1.82, 2.24) is 5.32 Å². The summed E-state index contributed by atoms with van der Waals surface area (Å²) in [6.45, 7) is 6.12. The smallest absolute Gasteiger partial charge is 0.122 e. The number of hydrogen-bond donors (Lipinski definition) is 2. The highest BCUT2D eigenvalue weighted by Gasteiger charge is 2.19. The van der Waals surface area contributed by atoms with Crippen molar-refractivity contribution in [2.75, 3.05) is 6.54 Å². The van der Waals surface area contributed by atoms with Crippen molar-refractivity contribution in [2.45, 2.75) is 52.5 Å². The molecule has 1 aliphatic rings. The van der Waals surface area contributed by atoms with E-state index in [0.29, 0.717) is 5.75 Å². The molecule has 0 aromatic heterocycles. The fourth-order valence-electron chi connectivity index (χ4n) is 3.12. The first kappa shape index (κ1) is 14.4. The van der Waals surface area contributed by atoms with Gasteiger partial charge in [-0.15, -0.1) is 0 Å². The van der Waals surface area contributed by atoms with Crippen LogP contribution in [0.3, 0.4) is 0 Å². The predicted octanol–water partition coefficient (Wildman–Crippen LogP) is 4.01. The number of hydrogen-bond acceptors (Lipinski definition) is 2. The van der Waals surface area contributed by atoms with Crippen molar-refractivity contribution in [3.05, 3.63) is 29.3 Å². The van der Waals surface area contributed by atoms with Crippen LogP contribution in [0.1, 0.15) is 50.2 Å². The van der Waals surface area contributed by atoms with Gasteiger partial charge >= 0.3 is 0 Å². The third kappa shape index (κ3) is 3.97. The summed E-state index contributed by atoms with van der Waals surface area (Å²) in [5.41, 5.74) is 1.98. The summed E-state index contributed by atoms with van der Waals surface area (Å²) in [7, 11) is 0. The molecule has 0 amide bonds. The van der Waals surface area contributed by atoms with E-state index in [0.717, 1.165) is 36.1 Å². The van der Waals surface area contributed by atoms with Crippen LogP contribution in [-0.2, 0) is 6.54 Å². The average molecular weight is 261 g/mol. The highest BCUT2D eigenvalue weighted by Crippen LogP contribution is 2.30. The average Bonchev–Trinajstić information content (AvgIpc) is 2.44. The zero-order valence-corrected chi connectivity index (χ0v) is 12.3. The predicted molar refractivity (Wildman–Crippen MR) is 80.3 cm³/mol. The zero-order valence-electron chi connectivity index (χ0n) is 12.3. The van der Waals surface area contributed by atoms with E-state index >= 15 is 0 Å². The molecule has 1 aromatic rings. The van der Waals surface area contributed by atoms with Gasteiger partial charge in [0.1, 0.15) is 5.75 Å². The van der Waals surface area contributed by atoms with Gasteiger partial charge in [0, 0.05) is 12.1 Å². The molecule has 0 unspecified atom stereocenters. The third-order valence-electron chi connectivity index (χ3n) is 4.61. The molecule has 106 valence electrons. The highest BCUT2D eigenvalue weighted by atomic mass is 16.3. The molecule has 0 radical (unpaired) electrons. The third-order valence-corrected chi connectivity index (χ3v) is 4.61. The Bertz CT molecular complexity index is 394. The molecule has 2 rings (SSSR count). The lowest BCUT2D eigenvalue weighted by Gasteiger charge is -2.28. The fourth-order valence-corrected chi connectivity index (χ4v) is 3.12. The molecule has 1 saturated carbocycles. The molecule has 2 heteroatoms. The second kappa shape index (κ2) is 6.95. The Morgan fingerprint density at radius 2 is 1.84 bits per heavy atom. The van der Waals surface area contributed by atoms with Gasteiger partial charge in [0.25, 0.3) is 0 Å². The van der Waals surface area contributed by atoms with E-state index in [1.165, 1.54) is 32.1 Å². The van der Waals surface area contributed by atoms with Gasteiger partial charge in [-0.25, -0.2) is 0 Å². The van der Waals surface area contributed by atoms with Gasteiger partial charge in [-0.3, -0.25) is 0 Å². The lowest BCUT2D eigenvalue weighted by atomic mass is 9.81. The van der Waals surface area contributed by atoms with Gasteiger partial charge in [-0.2, -0.15) is 0 Å². The topological polar surface area (TPSA) is 32.3 Å². The summed E-state index contributed by atoms with van der Waals surface area (Å²) in [5, 5.41) is 13.5. The normalized spacial score (nSPS) is 23.5. The number of nitrogens with one attached hydrogen (secondary N) is 1. The van der Waals surface area contributed by atoms with Crippen molar-refractivity contribution in [1.29, 1.82) is 0 Å². The Morgan fingerprint density at radius 1 is 1.16 bits per heavy atom. The van der Waals surface area contributed by atoms with Gasteiger partial charge in [-0.05, 0) is 43.7 Å². The number of phenolic OH excluding ortho intramolecular Hbond substituents is 1. The second-order valence-electron chi connectivity index (χ2n) is 6.01. The molecule has 1 aliphatic carbocycles. The molecule has 0 atom stereocenters. The fraction of sp³-hybridized carbons (Fsp3) is 0.647. The van der Waals surface area contributed by atoms with Crippen LogP contribution in [0.5, 0.6) is 5.75 Å². The molecule has 0 saturated heterocycles. The minimum atomic E-state index is 0.449. The Balaban J connectivity index is 1.74. The van der Waals surface area contributed by atoms with Crippen LogP contribution in [0.2, 0.25) is 0 Å². The van der Waals surface area contributed by atoms with Crippen LogP contribution < -0.4 is 5.32 Å². The molecule has 2 nitrogen and oxygen atoms in total. The molecule has 1 fully saturated rings. The quantitative estimate of drug-likeness (QED) is 0.839. The Morgan fingerprint density at radius 3 is 2.53 bits per heavy atom. The Hall–Kier alpha value is -1.02. The summed E-state index contributed by atoms with van der Waals surface area (Å²) in [6.07, 6.45) is 6.88. The maximum atomic E-state index is 9.96. The molecule has 0 bridgehead atoms.